The SMILES string of the molecule is O=C(OCC1c2ccccc2-c2ccccc21)N1CCOc2ccc(O)cc2C1. The van der Waals surface area contributed by atoms with Crippen molar-refractivity contribution in [2.75, 3.05) is 19.8 Å². The second-order valence-corrected chi connectivity index (χ2v) is 7.37. The fourth-order valence-corrected chi connectivity index (χ4v) is 4.22. The van der Waals surface area contributed by atoms with Gasteiger partial charge >= 0.3 is 6.09 Å². The van der Waals surface area contributed by atoms with Crippen LogP contribution in [0.2, 0.25) is 0 Å². The number of ether oxygens (including phenoxy) is 2. The molecule has 3 aromatic carbocycles. The Labute approximate surface area is 169 Å². The van der Waals surface area contributed by atoms with Crippen LogP contribution >= 0.6 is 0 Å². The van der Waals surface area contributed by atoms with E-state index in [0.29, 0.717) is 25.4 Å². The minimum absolute atomic E-state index is 0.0332. The number of carbonyl (C=O) groups is 1. The van der Waals surface area contributed by atoms with E-state index in [9.17, 15) is 9.90 Å². The predicted octanol–water partition coefficient (Wildman–Crippen LogP) is 4.54. The number of hydrogen-bond donors (Lipinski definition) is 1. The maximum atomic E-state index is 12.8. The van der Waals surface area contributed by atoms with Crippen LogP contribution in [0.4, 0.5) is 4.79 Å². The van der Waals surface area contributed by atoms with Crippen LogP contribution in [-0.2, 0) is 11.3 Å². The number of phenols is 1. The Morgan fingerprint density at radius 1 is 1.03 bits per heavy atom. The van der Waals surface area contributed by atoms with Crippen LogP contribution in [0, 0.1) is 0 Å². The van der Waals surface area contributed by atoms with Gasteiger partial charge in [0.25, 0.3) is 0 Å². The molecule has 0 atom stereocenters. The minimum atomic E-state index is -0.369. The number of hydrogen-bond acceptors (Lipinski definition) is 4. The van der Waals surface area contributed by atoms with E-state index in [1.165, 1.54) is 22.3 Å². The first-order valence-electron chi connectivity index (χ1n) is 9.75. The first kappa shape index (κ1) is 17.6. The largest absolute Gasteiger partial charge is 0.508 e. The lowest BCUT2D eigenvalue weighted by Gasteiger charge is -2.21. The van der Waals surface area contributed by atoms with Crippen LogP contribution in [0.3, 0.4) is 0 Å². The molecule has 2 aliphatic rings. The molecule has 0 fully saturated rings. The van der Waals surface area contributed by atoms with Crippen molar-refractivity contribution in [1.82, 2.24) is 4.90 Å². The standard InChI is InChI=1S/C24H21NO4/c26-17-9-10-23-16(13-17)14-25(11-12-28-23)24(27)29-15-22-20-7-3-1-5-18(20)19-6-2-4-8-21(19)22/h1-10,13,22,26H,11-12,14-15H2. The predicted molar refractivity (Wildman–Crippen MR) is 109 cm³/mol. The quantitative estimate of drug-likeness (QED) is 0.702. The molecule has 0 radical (unpaired) electrons. The number of rotatable bonds is 2. The van der Waals surface area contributed by atoms with Gasteiger partial charge in [-0.25, -0.2) is 4.79 Å². The van der Waals surface area contributed by atoms with Gasteiger partial charge in [-0.3, -0.25) is 0 Å². The molecule has 0 saturated carbocycles. The second-order valence-electron chi connectivity index (χ2n) is 7.37. The first-order chi connectivity index (χ1) is 14.2. The molecule has 1 amide bonds. The molecule has 5 rings (SSSR count). The highest BCUT2D eigenvalue weighted by molar-refractivity contribution is 5.79. The maximum Gasteiger partial charge on any atom is 0.410 e. The maximum absolute atomic E-state index is 12.8. The fourth-order valence-electron chi connectivity index (χ4n) is 4.22. The average Bonchev–Trinajstić information content (AvgIpc) is 2.90. The molecule has 5 heteroatoms. The van der Waals surface area contributed by atoms with Gasteiger partial charge in [0.2, 0.25) is 0 Å². The van der Waals surface area contributed by atoms with E-state index in [2.05, 4.69) is 24.3 Å². The zero-order valence-corrected chi connectivity index (χ0v) is 15.9. The summed E-state index contributed by atoms with van der Waals surface area (Å²) in [5, 5.41) is 9.75. The van der Waals surface area contributed by atoms with Gasteiger partial charge in [-0.05, 0) is 40.5 Å². The summed E-state index contributed by atoms with van der Waals surface area (Å²) in [5.74, 6) is 0.879. The van der Waals surface area contributed by atoms with E-state index >= 15 is 0 Å². The molecule has 1 aliphatic carbocycles. The van der Waals surface area contributed by atoms with Crippen molar-refractivity contribution in [3.8, 4) is 22.6 Å². The summed E-state index contributed by atoms with van der Waals surface area (Å²) in [5.41, 5.74) is 5.57. The Morgan fingerprint density at radius 2 is 1.72 bits per heavy atom. The van der Waals surface area contributed by atoms with Crippen LogP contribution in [0.1, 0.15) is 22.6 Å². The van der Waals surface area contributed by atoms with Crippen molar-refractivity contribution >= 4 is 6.09 Å². The van der Waals surface area contributed by atoms with Crippen LogP contribution in [-0.4, -0.2) is 35.9 Å². The molecule has 29 heavy (non-hydrogen) atoms. The third-order valence-electron chi connectivity index (χ3n) is 5.62. The summed E-state index contributed by atoms with van der Waals surface area (Å²) in [7, 11) is 0. The van der Waals surface area contributed by atoms with Crippen LogP contribution in [0.5, 0.6) is 11.5 Å². The van der Waals surface area contributed by atoms with Gasteiger partial charge in [-0.2, -0.15) is 0 Å². The lowest BCUT2D eigenvalue weighted by Crippen LogP contribution is -2.33. The Morgan fingerprint density at radius 3 is 2.45 bits per heavy atom. The Balaban J connectivity index is 1.33. The molecule has 0 aromatic heterocycles. The van der Waals surface area contributed by atoms with Gasteiger partial charge in [0, 0.05) is 11.5 Å². The molecule has 5 nitrogen and oxygen atoms in total. The van der Waals surface area contributed by atoms with Crippen molar-refractivity contribution < 1.29 is 19.4 Å². The Hall–Kier alpha value is -3.47. The van der Waals surface area contributed by atoms with Gasteiger partial charge in [-0.15, -0.1) is 0 Å². The summed E-state index contributed by atoms with van der Waals surface area (Å²) in [6.07, 6.45) is -0.369. The number of aromatic hydroxyl groups is 1. The summed E-state index contributed by atoms with van der Waals surface area (Å²) in [6, 6.07) is 21.5. The van der Waals surface area contributed by atoms with Crippen molar-refractivity contribution in [2.24, 2.45) is 0 Å². The molecular formula is C24H21NO4. The van der Waals surface area contributed by atoms with Gasteiger partial charge < -0.3 is 19.5 Å². The Bertz CT molecular complexity index is 1030. The number of phenolic OH excluding ortho intramolecular Hbond substituents is 1. The molecule has 1 N–H and O–H groups in total. The molecule has 0 unspecified atom stereocenters. The lowest BCUT2D eigenvalue weighted by molar-refractivity contribution is 0.0947. The third-order valence-corrected chi connectivity index (χ3v) is 5.62. The van der Waals surface area contributed by atoms with Crippen molar-refractivity contribution in [1.29, 1.82) is 0 Å². The number of fused-ring (bicyclic) bond motifs is 4. The molecule has 1 aliphatic heterocycles. The lowest BCUT2D eigenvalue weighted by atomic mass is 9.98. The molecule has 0 saturated heterocycles. The summed E-state index contributed by atoms with van der Waals surface area (Å²) in [6.45, 7) is 1.46. The van der Waals surface area contributed by atoms with E-state index in [4.69, 9.17) is 9.47 Å². The van der Waals surface area contributed by atoms with Crippen LogP contribution in [0.25, 0.3) is 11.1 Å². The van der Waals surface area contributed by atoms with E-state index in [1.54, 1.807) is 23.1 Å². The van der Waals surface area contributed by atoms with Gasteiger partial charge in [-0.1, -0.05) is 48.5 Å². The van der Waals surface area contributed by atoms with Gasteiger partial charge in [0.15, 0.2) is 0 Å². The van der Waals surface area contributed by atoms with Crippen LogP contribution in [0.15, 0.2) is 66.7 Å². The van der Waals surface area contributed by atoms with Crippen molar-refractivity contribution in [3.63, 3.8) is 0 Å². The van der Waals surface area contributed by atoms with E-state index in [0.717, 1.165) is 5.56 Å². The van der Waals surface area contributed by atoms with E-state index in [1.807, 2.05) is 24.3 Å². The molecule has 1 heterocycles. The number of carbonyl (C=O) groups excluding carboxylic acids is 1. The number of amides is 1. The van der Waals surface area contributed by atoms with Gasteiger partial charge in [0.05, 0.1) is 13.1 Å². The zero-order valence-electron chi connectivity index (χ0n) is 15.9. The zero-order chi connectivity index (χ0) is 19.8. The topological polar surface area (TPSA) is 59.0 Å². The number of benzene rings is 3. The average molecular weight is 387 g/mol. The highest BCUT2D eigenvalue weighted by atomic mass is 16.6. The van der Waals surface area contributed by atoms with Crippen LogP contribution < -0.4 is 4.74 Å². The molecular weight excluding hydrogens is 366 g/mol. The fraction of sp³-hybridized carbons (Fsp3) is 0.208. The highest BCUT2D eigenvalue weighted by Gasteiger charge is 2.30. The molecule has 0 bridgehead atoms. The highest BCUT2D eigenvalue weighted by Crippen LogP contribution is 2.44. The smallest absolute Gasteiger partial charge is 0.410 e. The second kappa shape index (κ2) is 7.17. The first-order valence-corrected chi connectivity index (χ1v) is 9.75. The van der Waals surface area contributed by atoms with Crippen molar-refractivity contribution in [2.45, 2.75) is 12.5 Å². The third kappa shape index (κ3) is 3.18. The minimum Gasteiger partial charge on any atom is -0.508 e. The molecule has 3 aromatic rings. The van der Waals surface area contributed by atoms with Gasteiger partial charge in [0.1, 0.15) is 24.7 Å². The number of nitrogens with zero attached hydrogens (tertiary/aromatic N) is 1. The summed E-state index contributed by atoms with van der Waals surface area (Å²) >= 11 is 0. The summed E-state index contributed by atoms with van der Waals surface area (Å²) in [4.78, 5) is 14.4. The molecule has 146 valence electrons. The molecule has 0 spiro atoms. The van der Waals surface area contributed by atoms with E-state index in [-0.39, 0.29) is 24.4 Å². The van der Waals surface area contributed by atoms with E-state index < -0.39 is 0 Å². The normalized spacial score (nSPS) is 15.0. The monoisotopic (exact) mass is 387 g/mol. The van der Waals surface area contributed by atoms with Crippen molar-refractivity contribution in [3.05, 3.63) is 83.4 Å². The Kier molecular flexibility index (Phi) is 4.35. The summed E-state index contributed by atoms with van der Waals surface area (Å²) < 4.78 is 11.4.